The Balaban J connectivity index is 6.16. The van der Waals surface area contributed by atoms with Crippen molar-refractivity contribution in [1.82, 2.24) is 0 Å². The molecule has 0 saturated heterocycles. The first-order chi connectivity index (χ1) is 7.52. The summed E-state index contributed by atoms with van der Waals surface area (Å²) in [6.45, 7) is 4.52. The number of aliphatic imine (C=N–C) groups is 1. The largest absolute Gasteiger partial charge is 0.362 e. The van der Waals surface area contributed by atoms with E-state index >= 15 is 0 Å². The summed E-state index contributed by atoms with van der Waals surface area (Å²) in [4.78, 5) is 39.4. The maximum absolute atomic E-state index is 11.2. The van der Waals surface area contributed by atoms with Gasteiger partial charge in [-0.1, -0.05) is 12.2 Å². The van der Waals surface area contributed by atoms with Crippen LogP contribution in [-0.4, -0.2) is 31.3 Å². The Labute approximate surface area is 97.9 Å². The molecule has 0 spiro atoms. The van der Waals surface area contributed by atoms with E-state index in [9.17, 15) is 9.13 Å². The lowest BCUT2D eigenvalue weighted by molar-refractivity contribution is 0.320. The van der Waals surface area contributed by atoms with Crippen LogP contribution in [0.1, 0.15) is 6.92 Å². The first-order valence-corrected chi connectivity index (χ1v) is 7.44. The Morgan fingerprint density at radius 2 is 1.71 bits per heavy atom. The van der Waals surface area contributed by atoms with E-state index in [0.29, 0.717) is 0 Å². The minimum atomic E-state index is -5.32. The molecule has 0 amide bonds. The average Bonchev–Trinajstić information content (AvgIpc) is 2.12. The number of allylic oxidation sites excluding steroid dienone is 1. The van der Waals surface area contributed by atoms with Crippen LogP contribution in [0.4, 0.5) is 0 Å². The Morgan fingerprint density at radius 1 is 1.29 bits per heavy atom. The molecule has 0 aliphatic carbocycles. The highest BCUT2D eigenvalue weighted by Crippen LogP contribution is 2.69. The van der Waals surface area contributed by atoms with Gasteiger partial charge in [-0.2, -0.15) is 0 Å². The van der Waals surface area contributed by atoms with E-state index in [-0.39, 0.29) is 0 Å². The van der Waals surface area contributed by atoms with Crippen molar-refractivity contribution in [3.63, 3.8) is 0 Å². The Kier molecular flexibility index (Phi) is 5.18. The van der Waals surface area contributed by atoms with Gasteiger partial charge in [0.25, 0.3) is 0 Å². The third-order valence-electron chi connectivity index (χ3n) is 1.89. The zero-order valence-corrected chi connectivity index (χ0v) is 10.8. The molecule has 6 N–H and O–H groups in total. The van der Waals surface area contributed by atoms with E-state index in [1.54, 1.807) is 0 Å². The molecule has 0 aromatic rings. The summed E-state index contributed by atoms with van der Waals surface area (Å²) in [5, 5.41) is -3.13. The van der Waals surface area contributed by atoms with Crippen molar-refractivity contribution in [3.05, 3.63) is 23.9 Å². The van der Waals surface area contributed by atoms with Gasteiger partial charge in [0.2, 0.25) is 5.02 Å². The standard InChI is InChI=1S/C7H14N2O6P2/c1-3-4-6(5-9-2)7(8,16(10,11)12)17(13,14)15/h3-5H,2,8H2,1H3,(H2,10,11,12)(H2,13,14,15). The molecule has 0 rings (SSSR count). The average molecular weight is 284 g/mol. The molecule has 0 aromatic carbocycles. The van der Waals surface area contributed by atoms with Crippen LogP contribution >= 0.6 is 15.2 Å². The third kappa shape index (κ3) is 3.20. The SMILES string of the molecule is C=NC=C(C=CC)C(N)(P(=O)(O)O)P(=O)(O)O. The van der Waals surface area contributed by atoms with Crippen molar-refractivity contribution >= 4 is 21.9 Å². The van der Waals surface area contributed by atoms with Crippen LogP contribution in [0.5, 0.6) is 0 Å². The maximum atomic E-state index is 11.2. The zero-order valence-electron chi connectivity index (χ0n) is 8.96. The molecule has 0 saturated carbocycles. The molecule has 0 unspecified atom stereocenters. The predicted molar refractivity (Wildman–Crippen MR) is 63.5 cm³/mol. The van der Waals surface area contributed by atoms with Crippen molar-refractivity contribution < 1.29 is 28.7 Å². The number of hydrogen-bond donors (Lipinski definition) is 5. The van der Waals surface area contributed by atoms with Gasteiger partial charge in [0.1, 0.15) is 0 Å². The quantitative estimate of drug-likeness (QED) is 0.273. The van der Waals surface area contributed by atoms with Gasteiger partial charge in [0.05, 0.1) is 0 Å². The predicted octanol–water partition coefficient (Wildman–Crippen LogP) is 0.115. The summed E-state index contributed by atoms with van der Waals surface area (Å²) < 4.78 is 22.5. The highest BCUT2D eigenvalue weighted by atomic mass is 31.2. The fourth-order valence-electron chi connectivity index (χ4n) is 1.04. The van der Waals surface area contributed by atoms with Gasteiger partial charge in [-0.3, -0.25) is 14.1 Å². The van der Waals surface area contributed by atoms with Crippen molar-refractivity contribution in [2.24, 2.45) is 10.7 Å². The summed E-state index contributed by atoms with van der Waals surface area (Å²) in [7, 11) is -10.6. The molecular weight excluding hydrogens is 270 g/mol. The molecule has 0 aliphatic rings. The Bertz CT molecular complexity index is 423. The highest BCUT2D eigenvalue weighted by Gasteiger charge is 2.59. The molecule has 17 heavy (non-hydrogen) atoms. The number of hydrogen-bond acceptors (Lipinski definition) is 4. The van der Waals surface area contributed by atoms with Crippen LogP contribution in [0, 0.1) is 0 Å². The highest BCUT2D eigenvalue weighted by molar-refractivity contribution is 7.72. The van der Waals surface area contributed by atoms with E-state index in [0.717, 1.165) is 12.3 Å². The molecule has 0 heterocycles. The van der Waals surface area contributed by atoms with Crippen LogP contribution in [0.2, 0.25) is 0 Å². The number of nitrogens with two attached hydrogens (primary N) is 1. The summed E-state index contributed by atoms with van der Waals surface area (Å²) in [6.07, 6.45) is 3.15. The molecule has 0 radical (unpaired) electrons. The van der Waals surface area contributed by atoms with Crippen molar-refractivity contribution in [2.75, 3.05) is 0 Å². The third-order valence-corrected chi connectivity index (χ3v) is 5.75. The normalized spacial score (nSPS) is 15.3. The second-order valence-corrected chi connectivity index (χ2v) is 7.02. The van der Waals surface area contributed by atoms with Gasteiger partial charge < -0.3 is 25.3 Å². The van der Waals surface area contributed by atoms with E-state index in [4.69, 9.17) is 25.3 Å². The minimum absolute atomic E-state index is 0.503. The summed E-state index contributed by atoms with van der Waals surface area (Å²) in [5.74, 6) is 0. The summed E-state index contributed by atoms with van der Waals surface area (Å²) >= 11 is 0. The molecule has 98 valence electrons. The van der Waals surface area contributed by atoms with Crippen LogP contribution in [-0.2, 0) is 9.13 Å². The maximum Gasteiger partial charge on any atom is 0.362 e. The van der Waals surface area contributed by atoms with E-state index in [1.165, 1.54) is 13.0 Å². The summed E-state index contributed by atoms with van der Waals surface area (Å²) in [5.41, 5.74) is 4.73. The fourth-order valence-corrected chi connectivity index (χ4v) is 3.34. The van der Waals surface area contributed by atoms with Crippen molar-refractivity contribution in [3.8, 4) is 0 Å². The molecule has 0 fully saturated rings. The van der Waals surface area contributed by atoms with E-state index < -0.39 is 25.8 Å². The summed E-state index contributed by atoms with van der Waals surface area (Å²) in [6, 6.07) is 0. The molecular formula is C7H14N2O6P2. The molecule has 0 atom stereocenters. The molecule has 0 bridgehead atoms. The molecule has 10 heteroatoms. The Morgan fingerprint density at radius 3 is 1.94 bits per heavy atom. The lowest BCUT2D eigenvalue weighted by Crippen LogP contribution is -2.40. The molecule has 0 aromatic heterocycles. The monoisotopic (exact) mass is 284 g/mol. The first kappa shape index (κ1) is 16.4. The van der Waals surface area contributed by atoms with Crippen LogP contribution < -0.4 is 5.73 Å². The second kappa shape index (κ2) is 5.37. The number of nitrogens with zero attached hydrogens (tertiary/aromatic N) is 1. The first-order valence-electron chi connectivity index (χ1n) is 4.21. The zero-order chi connectivity index (χ0) is 13.9. The van der Waals surface area contributed by atoms with Gasteiger partial charge in [-0.25, -0.2) is 0 Å². The minimum Gasteiger partial charge on any atom is -0.322 e. The topological polar surface area (TPSA) is 153 Å². The van der Waals surface area contributed by atoms with Gasteiger partial charge >= 0.3 is 15.2 Å². The van der Waals surface area contributed by atoms with Gasteiger partial charge in [0, 0.05) is 11.8 Å². The van der Waals surface area contributed by atoms with Gasteiger partial charge in [0.15, 0.2) is 0 Å². The number of rotatable bonds is 5. The molecule has 8 nitrogen and oxygen atoms in total. The van der Waals surface area contributed by atoms with E-state index in [2.05, 4.69) is 11.7 Å². The molecule has 0 aliphatic heterocycles. The van der Waals surface area contributed by atoms with Crippen LogP contribution in [0.25, 0.3) is 0 Å². The van der Waals surface area contributed by atoms with Crippen molar-refractivity contribution in [2.45, 2.75) is 11.9 Å². The fraction of sp³-hybridized carbons (Fsp3) is 0.286. The van der Waals surface area contributed by atoms with E-state index in [1.807, 2.05) is 0 Å². The van der Waals surface area contributed by atoms with Crippen LogP contribution in [0.3, 0.4) is 0 Å². The lowest BCUT2D eigenvalue weighted by Gasteiger charge is -2.31. The van der Waals surface area contributed by atoms with Crippen molar-refractivity contribution in [1.29, 1.82) is 0 Å². The second-order valence-electron chi connectivity index (χ2n) is 3.08. The Hall–Kier alpha value is -0.590. The smallest absolute Gasteiger partial charge is 0.322 e. The van der Waals surface area contributed by atoms with Crippen LogP contribution in [0.15, 0.2) is 28.9 Å². The lowest BCUT2D eigenvalue weighted by atomic mass is 10.2. The van der Waals surface area contributed by atoms with Gasteiger partial charge in [-0.15, -0.1) is 0 Å². The van der Waals surface area contributed by atoms with Gasteiger partial charge in [-0.05, 0) is 13.6 Å².